The summed E-state index contributed by atoms with van der Waals surface area (Å²) >= 11 is 5.96. The summed E-state index contributed by atoms with van der Waals surface area (Å²) in [5.41, 5.74) is 2.11. The first kappa shape index (κ1) is 11.1. The lowest BCUT2D eigenvalue weighted by molar-refractivity contribution is 0.374. The molecule has 0 aromatic carbocycles. The molecule has 0 aliphatic carbocycles. The van der Waals surface area contributed by atoms with E-state index in [2.05, 4.69) is 16.5 Å². The van der Waals surface area contributed by atoms with E-state index in [0.717, 1.165) is 36.1 Å². The molecular weight excluding hydrogens is 234 g/mol. The number of nitrogens with zero attached hydrogens (tertiary/aromatic N) is 2. The average molecular weight is 250 g/mol. The highest BCUT2D eigenvalue weighted by molar-refractivity contribution is 6.30. The minimum atomic E-state index is 0.726. The number of nitrogens with one attached hydrogen (secondary N) is 1. The third kappa shape index (κ3) is 2.45. The molecule has 1 aliphatic heterocycles. The van der Waals surface area contributed by atoms with Gasteiger partial charge in [0.05, 0.1) is 5.69 Å². The molecule has 2 aromatic rings. The van der Waals surface area contributed by atoms with Crippen molar-refractivity contribution in [2.75, 3.05) is 13.1 Å². The van der Waals surface area contributed by atoms with E-state index in [1.165, 1.54) is 18.5 Å². The minimum absolute atomic E-state index is 0.726. The molecule has 4 heteroatoms. The first-order valence-corrected chi connectivity index (χ1v) is 6.53. The zero-order valence-electron chi connectivity index (χ0n) is 9.69. The van der Waals surface area contributed by atoms with Crippen LogP contribution in [0.5, 0.6) is 0 Å². The Kier molecular flexibility index (Phi) is 3.04. The van der Waals surface area contributed by atoms with Crippen LogP contribution in [0.2, 0.25) is 5.02 Å². The maximum Gasteiger partial charge on any atom is 0.138 e. The summed E-state index contributed by atoms with van der Waals surface area (Å²) in [4.78, 5) is 4.62. The fourth-order valence-corrected chi connectivity index (χ4v) is 2.66. The highest BCUT2D eigenvalue weighted by Crippen LogP contribution is 2.18. The van der Waals surface area contributed by atoms with Crippen molar-refractivity contribution in [1.29, 1.82) is 0 Å². The number of pyridine rings is 1. The number of aromatic nitrogens is 2. The van der Waals surface area contributed by atoms with Crippen molar-refractivity contribution in [1.82, 2.24) is 14.7 Å². The maximum atomic E-state index is 5.96. The number of fused-ring (bicyclic) bond motifs is 1. The van der Waals surface area contributed by atoms with Crippen LogP contribution in [0.3, 0.4) is 0 Å². The quantitative estimate of drug-likeness (QED) is 0.886. The van der Waals surface area contributed by atoms with Gasteiger partial charge in [0.1, 0.15) is 5.65 Å². The zero-order chi connectivity index (χ0) is 11.7. The molecule has 1 fully saturated rings. The van der Waals surface area contributed by atoms with Crippen molar-refractivity contribution < 1.29 is 0 Å². The zero-order valence-corrected chi connectivity index (χ0v) is 10.5. The van der Waals surface area contributed by atoms with Gasteiger partial charge < -0.3 is 9.72 Å². The van der Waals surface area contributed by atoms with Gasteiger partial charge in [0, 0.05) is 17.4 Å². The van der Waals surface area contributed by atoms with Gasteiger partial charge in [-0.15, -0.1) is 0 Å². The second-order valence-corrected chi connectivity index (χ2v) is 5.20. The van der Waals surface area contributed by atoms with Gasteiger partial charge in [0.2, 0.25) is 0 Å². The van der Waals surface area contributed by atoms with Crippen LogP contribution in [-0.2, 0) is 6.42 Å². The SMILES string of the molecule is Clc1ccn2cc(CC3CCCNC3)nc2c1. The Morgan fingerprint density at radius 2 is 2.47 bits per heavy atom. The average Bonchev–Trinajstić information content (AvgIpc) is 2.71. The summed E-state index contributed by atoms with van der Waals surface area (Å²) in [5, 5.41) is 4.19. The minimum Gasteiger partial charge on any atom is -0.316 e. The second-order valence-electron chi connectivity index (χ2n) is 4.76. The third-order valence-corrected chi connectivity index (χ3v) is 3.60. The molecule has 0 saturated carbocycles. The normalized spacial score (nSPS) is 20.9. The van der Waals surface area contributed by atoms with Crippen LogP contribution in [0.4, 0.5) is 0 Å². The van der Waals surface area contributed by atoms with Gasteiger partial charge >= 0.3 is 0 Å². The summed E-state index contributed by atoms with van der Waals surface area (Å²) < 4.78 is 2.04. The molecule has 0 bridgehead atoms. The van der Waals surface area contributed by atoms with Gasteiger partial charge in [0.15, 0.2) is 0 Å². The second kappa shape index (κ2) is 4.67. The fraction of sp³-hybridized carbons (Fsp3) is 0.462. The number of halogens is 1. The predicted octanol–water partition coefficient (Wildman–Crippen LogP) is 2.53. The summed E-state index contributed by atoms with van der Waals surface area (Å²) in [6, 6.07) is 3.80. The largest absolute Gasteiger partial charge is 0.316 e. The Hall–Kier alpha value is -1.06. The van der Waals surface area contributed by atoms with Crippen molar-refractivity contribution in [2.45, 2.75) is 19.3 Å². The number of hydrogen-bond donors (Lipinski definition) is 1. The van der Waals surface area contributed by atoms with Crippen molar-refractivity contribution in [3.63, 3.8) is 0 Å². The molecule has 3 nitrogen and oxygen atoms in total. The van der Waals surface area contributed by atoms with Crippen molar-refractivity contribution in [3.8, 4) is 0 Å². The lowest BCUT2D eigenvalue weighted by Gasteiger charge is -2.21. The molecule has 1 N–H and O–H groups in total. The van der Waals surface area contributed by atoms with Gasteiger partial charge in [-0.2, -0.15) is 0 Å². The molecule has 3 heterocycles. The van der Waals surface area contributed by atoms with Crippen molar-refractivity contribution in [3.05, 3.63) is 35.2 Å². The summed E-state index contributed by atoms with van der Waals surface area (Å²) in [5.74, 6) is 0.726. The highest BCUT2D eigenvalue weighted by Gasteiger charge is 2.15. The molecule has 1 aliphatic rings. The smallest absolute Gasteiger partial charge is 0.138 e. The van der Waals surface area contributed by atoms with Crippen molar-refractivity contribution >= 4 is 17.2 Å². The van der Waals surface area contributed by atoms with Crippen LogP contribution in [0, 0.1) is 5.92 Å². The number of imidazole rings is 1. The van der Waals surface area contributed by atoms with Crippen LogP contribution in [-0.4, -0.2) is 22.5 Å². The number of rotatable bonds is 2. The summed E-state index contributed by atoms with van der Waals surface area (Å²) in [6.45, 7) is 2.28. The van der Waals surface area contributed by atoms with E-state index in [9.17, 15) is 0 Å². The van der Waals surface area contributed by atoms with Crippen LogP contribution in [0.25, 0.3) is 5.65 Å². The first-order chi connectivity index (χ1) is 8.31. The van der Waals surface area contributed by atoms with E-state index in [-0.39, 0.29) is 0 Å². The van der Waals surface area contributed by atoms with Crippen LogP contribution < -0.4 is 5.32 Å². The fourth-order valence-electron chi connectivity index (χ4n) is 2.50. The molecule has 1 atom stereocenters. The van der Waals surface area contributed by atoms with E-state index >= 15 is 0 Å². The lowest BCUT2D eigenvalue weighted by atomic mass is 9.95. The number of hydrogen-bond acceptors (Lipinski definition) is 2. The van der Waals surface area contributed by atoms with Gasteiger partial charge in [-0.05, 0) is 50.4 Å². The molecular formula is C13H16ClN3. The predicted molar refractivity (Wildman–Crippen MR) is 69.5 cm³/mol. The Labute approximate surface area is 106 Å². The van der Waals surface area contributed by atoms with E-state index < -0.39 is 0 Å². The summed E-state index contributed by atoms with van der Waals surface area (Å²) in [7, 11) is 0. The van der Waals surface area contributed by atoms with Gasteiger partial charge in [0.25, 0.3) is 0 Å². The third-order valence-electron chi connectivity index (χ3n) is 3.37. The van der Waals surface area contributed by atoms with Gasteiger partial charge in [-0.1, -0.05) is 11.6 Å². The van der Waals surface area contributed by atoms with E-state index in [0.29, 0.717) is 0 Å². The Morgan fingerprint density at radius 3 is 3.29 bits per heavy atom. The van der Waals surface area contributed by atoms with Crippen molar-refractivity contribution in [2.24, 2.45) is 5.92 Å². The van der Waals surface area contributed by atoms with Crippen LogP contribution in [0.1, 0.15) is 18.5 Å². The standard InChI is InChI=1S/C13H16ClN3/c14-11-3-5-17-9-12(16-13(17)7-11)6-10-2-1-4-15-8-10/h3,5,7,9-10,15H,1-2,4,6,8H2. The maximum absolute atomic E-state index is 5.96. The van der Waals surface area contributed by atoms with Gasteiger partial charge in [-0.3, -0.25) is 0 Å². The molecule has 3 rings (SSSR count). The molecule has 1 saturated heterocycles. The number of piperidine rings is 1. The molecule has 0 radical (unpaired) electrons. The molecule has 90 valence electrons. The van der Waals surface area contributed by atoms with E-state index in [1.54, 1.807) is 0 Å². The molecule has 0 spiro atoms. The molecule has 17 heavy (non-hydrogen) atoms. The molecule has 1 unspecified atom stereocenters. The Balaban J connectivity index is 1.80. The monoisotopic (exact) mass is 249 g/mol. The van der Waals surface area contributed by atoms with Gasteiger partial charge in [-0.25, -0.2) is 4.98 Å². The first-order valence-electron chi connectivity index (χ1n) is 6.15. The lowest BCUT2D eigenvalue weighted by Crippen LogP contribution is -2.30. The van der Waals surface area contributed by atoms with E-state index in [1.807, 2.05) is 22.7 Å². The Bertz CT molecular complexity index is 514. The van der Waals surface area contributed by atoms with Crippen LogP contribution >= 0.6 is 11.6 Å². The van der Waals surface area contributed by atoms with Crippen LogP contribution in [0.15, 0.2) is 24.5 Å². The highest BCUT2D eigenvalue weighted by atomic mass is 35.5. The molecule has 2 aromatic heterocycles. The Morgan fingerprint density at radius 1 is 1.53 bits per heavy atom. The topological polar surface area (TPSA) is 29.3 Å². The molecule has 0 amide bonds. The summed E-state index contributed by atoms with van der Waals surface area (Å²) in [6.07, 6.45) is 7.73. The van der Waals surface area contributed by atoms with E-state index in [4.69, 9.17) is 11.6 Å².